The fourth-order valence-corrected chi connectivity index (χ4v) is 4.15. The number of halogens is 1. The molecule has 0 unspecified atom stereocenters. The van der Waals surface area contributed by atoms with E-state index in [0.717, 1.165) is 16.0 Å². The summed E-state index contributed by atoms with van der Waals surface area (Å²) < 4.78 is 14.9. The Bertz CT molecular complexity index is 1330. The zero-order valence-corrected chi connectivity index (χ0v) is 16.6. The highest BCUT2D eigenvalue weighted by molar-refractivity contribution is 7.99. The molecule has 30 heavy (non-hydrogen) atoms. The van der Waals surface area contributed by atoms with Gasteiger partial charge in [-0.15, -0.1) is 0 Å². The highest BCUT2D eigenvalue weighted by Gasteiger charge is 2.15. The van der Waals surface area contributed by atoms with Gasteiger partial charge in [0.1, 0.15) is 5.82 Å². The van der Waals surface area contributed by atoms with E-state index >= 15 is 0 Å². The Morgan fingerprint density at radius 1 is 0.767 bits per heavy atom. The quantitative estimate of drug-likeness (QED) is 0.389. The van der Waals surface area contributed by atoms with Gasteiger partial charge in [-0.1, -0.05) is 54.2 Å². The first-order chi connectivity index (χ1) is 14.7. The first-order valence-corrected chi connectivity index (χ1v) is 10.2. The Kier molecular flexibility index (Phi) is 4.69. The second-order valence-electron chi connectivity index (χ2n) is 6.74. The average Bonchev–Trinajstić information content (AvgIpc) is 3.20. The van der Waals surface area contributed by atoms with Crippen molar-refractivity contribution in [2.45, 2.75) is 9.79 Å². The molecule has 0 saturated carbocycles. The van der Waals surface area contributed by atoms with Crippen LogP contribution in [0.4, 0.5) is 4.39 Å². The Labute approximate surface area is 176 Å². The first-order valence-electron chi connectivity index (χ1n) is 9.34. The molecule has 6 heteroatoms. The van der Waals surface area contributed by atoms with Crippen LogP contribution in [0, 0.1) is 5.82 Å². The maximum Gasteiger partial charge on any atom is 0.223 e. The monoisotopic (exact) mass is 413 g/mol. The fraction of sp³-hybridized carbons (Fsp3) is 0. The number of hydrogen-bond donors (Lipinski definition) is 1. The van der Waals surface area contributed by atoms with Crippen LogP contribution in [-0.4, -0.2) is 19.7 Å². The molecule has 0 aliphatic rings. The summed E-state index contributed by atoms with van der Waals surface area (Å²) in [5.74, 6) is -0.449. The average molecular weight is 413 g/mol. The lowest BCUT2D eigenvalue weighted by molar-refractivity contribution is 0.437. The second-order valence-corrected chi connectivity index (χ2v) is 7.89. The predicted molar refractivity (Wildman–Crippen MR) is 116 cm³/mol. The van der Waals surface area contributed by atoms with E-state index in [2.05, 4.69) is 34.3 Å². The summed E-state index contributed by atoms with van der Waals surface area (Å²) in [7, 11) is 0. The third-order valence-corrected chi connectivity index (χ3v) is 5.80. The van der Waals surface area contributed by atoms with Gasteiger partial charge in [0.15, 0.2) is 5.65 Å². The highest BCUT2D eigenvalue weighted by atomic mass is 32.2. The van der Waals surface area contributed by atoms with Crippen molar-refractivity contribution in [1.29, 1.82) is 0 Å². The summed E-state index contributed by atoms with van der Waals surface area (Å²) in [6, 6.07) is 24.4. The van der Waals surface area contributed by atoms with E-state index in [1.165, 1.54) is 21.5 Å². The van der Waals surface area contributed by atoms with E-state index in [0.29, 0.717) is 16.8 Å². The molecule has 3 aromatic carbocycles. The first kappa shape index (κ1) is 18.4. The van der Waals surface area contributed by atoms with E-state index in [4.69, 9.17) is 0 Å². The number of aromatic nitrogens is 3. The summed E-state index contributed by atoms with van der Waals surface area (Å²) in [4.78, 5) is 6.80. The molecule has 0 atom stereocenters. The molecular formula is C24H16FN3OS. The van der Waals surface area contributed by atoms with E-state index < -0.39 is 0 Å². The standard InChI is InChI=1S/C24H16FN3OS/c25-18-6-4-5-17(13-18)22-14-26-23-21(15-27-28(23)24(22)29)16-9-11-20(12-10-16)30-19-7-2-1-3-8-19/h1-15,29H. The molecule has 0 amide bonds. The molecule has 1 N–H and O–H groups in total. The van der Waals surface area contributed by atoms with Gasteiger partial charge in [0, 0.05) is 21.6 Å². The molecule has 146 valence electrons. The molecule has 0 aliphatic heterocycles. The van der Waals surface area contributed by atoms with Crippen LogP contribution in [0.1, 0.15) is 0 Å². The van der Waals surface area contributed by atoms with Crippen LogP contribution < -0.4 is 0 Å². The van der Waals surface area contributed by atoms with Crippen molar-refractivity contribution in [3.05, 3.63) is 97.1 Å². The molecule has 4 nitrogen and oxygen atoms in total. The zero-order chi connectivity index (χ0) is 20.5. The highest BCUT2D eigenvalue weighted by Crippen LogP contribution is 2.34. The number of hydrogen-bond acceptors (Lipinski definition) is 4. The smallest absolute Gasteiger partial charge is 0.223 e. The van der Waals surface area contributed by atoms with Gasteiger partial charge in [-0.3, -0.25) is 0 Å². The Morgan fingerprint density at radius 2 is 1.53 bits per heavy atom. The molecule has 0 aliphatic carbocycles. The van der Waals surface area contributed by atoms with Crippen LogP contribution in [-0.2, 0) is 0 Å². The number of nitrogens with zero attached hydrogens (tertiary/aromatic N) is 3. The topological polar surface area (TPSA) is 50.4 Å². The van der Waals surface area contributed by atoms with E-state index in [1.54, 1.807) is 36.3 Å². The van der Waals surface area contributed by atoms with E-state index in [9.17, 15) is 9.50 Å². The van der Waals surface area contributed by atoms with Gasteiger partial charge in [-0.2, -0.15) is 9.61 Å². The molecule has 0 fully saturated rings. The van der Waals surface area contributed by atoms with Crippen LogP contribution in [0.5, 0.6) is 5.88 Å². The van der Waals surface area contributed by atoms with Crippen molar-refractivity contribution in [1.82, 2.24) is 14.6 Å². The molecule has 5 rings (SSSR count). The molecule has 2 aromatic heterocycles. The van der Waals surface area contributed by atoms with E-state index in [-0.39, 0.29) is 11.7 Å². The minimum absolute atomic E-state index is 0.0758. The van der Waals surface area contributed by atoms with Gasteiger partial charge in [-0.25, -0.2) is 9.37 Å². The van der Waals surface area contributed by atoms with Crippen LogP contribution in [0.25, 0.3) is 27.9 Å². The molecule has 2 heterocycles. The number of benzene rings is 3. The van der Waals surface area contributed by atoms with Crippen molar-refractivity contribution in [3.63, 3.8) is 0 Å². The van der Waals surface area contributed by atoms with E-state index in [1.807, 2.05) is 30.3 Å². The number of aromatic hydroxyl groups is 1. The van der Waals surface area contributed by atoms with Crippen molar-refractivity contribution in [2.75, 3.05) is 0 Å². The Balaban J connectivity index is 1.49. The largest absolute Gasteiger partial charge is 0.493 e. The Morgan fingerprint density at radius 3 is 2.30 bits per heavy atom. The molecule has 0 radical (unpaired) electrons. The fourth-order valence-electron chi connectivity index (χ4n) is 3.31. The maximum atomic E-state index is 13.6. The lowest BCUT2D eigenvalue weighted by Gasteiger charge is -2.07. The minimum Gasteiger partial charge on any atom is -0.493 e. The SMILES string of the molecule is Oc1c(-c2cccc(F)c2)cnc2c(-c3ccc(Sc4ccccc4)cc3)cnn12. The van der Waals surface area contributed by atoms with Gasteiger partial charge in [0.25, 0.3) is 0 Å². The van der Waals surface area contributed by atoms with Crippen molar-refractivity contribution >= 4 is 17.4 Å². The van der Waals surface area contributed by atoms with Gasteiger partial charge in [-0.05, 0) is 47.5 Å². The minimum atomic E-state index is -0.374. The summed E-state index contributed by atoms with van der Waals surface area (Å²) in [5, 5.41) is 15.0. The summed E-state index contributed by atoms with van der Waals surface area (Å²) in [6.07, 6.45) is 3.22. The summed E-state index contributed by atoms with van der Waals surface area (Å²) in [6.45, 7) is 0. The third-order valence-electron chi connectivity index (χ3n) is 4.78. The lowest BCUT2D eigenvalue weighted by Crippen LogP contribution is -1.94. The van der Waals surface area contributed by atoms with Crippen LogP contribution in [0.15, 0.2) is 101 Å². The molecule has 5 aromatic rings. The van der Waals surface area contributed by atoms with Crippen LogP contribution >= 0.6 is 11.8 Å². The zero-order valence-electron chi connectivity index (χ0n) is 15.7. The maximum absolute atomic E-state index is 13.6. The molecule has 0 saturated heterocycles. The predicted octanol–water partition coefficient (Wildman–Crippen LogP) is 6.06. The van der Waals surface area contributed by atoms with Crippen LogP contribution in [0.3, 0.4) is 0 Å². The summed E-state index contributed by atoms with van der Waals surface area (Å²) in [5.41, 5.74) is 3.27. The van der Waals surface area contributed by atoms with Crippen molar-refractivity contribution in [2.24, 2.45) is 0 Å². The molecule has 0 spiro atoms. The van der Waals surface area contributed by atoms with Crippen molar-refractivity contribution < 1.29 is 9.50 Å². The number of rotatable bonds is 4. The normalized spacial score (nSPS) is 11.1. The van der Waals surface area contributed by atoms with Crippen LogP contribution in [0.2, 0.25) is 0 Å². The second kappa shape index (κ2) is 7.65. The van der Waals surface area contributed by atoms with Crippen molar-refractivity contribution in [3.8, 4) is 28.1 Å². The molecular weight excluding hydrogens is 397 g/mol. The van der Waals surface area contributed by atoms with Gasteiger partial charge in [0.05, 0.1) is 11.8 Å². The van der Waals surface area contributed by atoms with Gasteiger partial charge < -0.3 is 5.11 Å². The van der Waals surface area contributed by atoms with Gasteiger partial charge >= 0.3 is 0 Å². The lowest BCUT2D eigenvalue weighted by atomic mass is 10.1. The Hall–Kier alpha value is -3.64. The third kappa shape index (κ3) is 3.42. The summed E-state index contributed by atoms with van der Waals surface area (Å²) >= 11 is 1.69. The van der Waals surface area contributed by atoms with Gasteiger partial charge in [0.2, 0.25) is 5.88 Å². The molecule has 0 bridgehead atoms. The number of fused-ring (bicyclic) bond motifs is 1.